The van der Waals surface area contributed by atoms with Gasteiger partial charge in [0, 0.05) is 0 Å². The van der Waals surface area contributed by atoms with Gasteiger partial charge in [0.2, 0.25) is 0 Å². The maximum atomic E-state index is 5.33. The highest BCUT2D eigenvalue weighted by atomic mass is 16.5. The highest BCUT2D eigenvalue weighted by Crippen LogP contribution is 2.24. The van der Waals surface area contributed by atoms with Crippen molar-refractivity contribution in [1.82, 2.24) is 0 Å². The molecule has 0 N–H and O–H groups in total. The number of hydrogen-bond donors (Lipinski definition) is 0. The molecule has 0 amide bonds. The summed E-state index contributed by atoms with van der Waals surface area (Å²) in [5.41, 5.74) is 2.73. The summed E-state index contributed by atoms with van der Waals surface area (Å²) in [5.74, 6) is 1.62. The Morgan fingerprint density at radius 3 is 2.50 bits per heavy atom. The third-order valence-electron chi connectivity index (χ3n) is 2.49. The van der Waals surface area contributed by atoms with Crippen LogP contribution in [0.2, 0.25) is 0 Å². The maximum Gasteiger partial charge on any atom is 0.122 e. The molecule has 1 heteroatoms. The van der Waals surface area contributed by atoms with Gasteiger partial charge >= 0.3 is 0 Å². The van der Waals surface area contributed by atoms with E-state index in [1.807, 2.05) is 0 Å². The predicted molar refractivity (Wildman–Crippen MR) is 61.1 cm³/mol. The second-order valence-electron chi connectivity index (χ2n) is 3.98. The van der Waals surface area contributed by atoms with Gasteiger partial charge in [-0.25, -0.2) is 0 Å². The topological polar surface area (TPSA) is 9.23 Å². The Hall–Kier alpha value is -0.980. The summed E-state index contributed by atoms with van der Waals surface area (Å²) in [7, 11) is 1.74. The van der Waals surface area contributed by atoms with Gasteiger partial charge in [0.25, 0.3) is 0 Å². The van der Waals surface area contributed by atoms with Crippen molar-refractivity contribution in [2.45, 2.75) is 39.5 Å². The van der Waals surface area contributed by atoms with E-state index >= 15 is 0 Å². The Labute approximate surface area is 87.1 Å². The Balaban J connectivity index is 3.01. The van der Waals surface area contributed by atoms with E-state index in [4.69, 9.17) is 4.74 Å². The van der Waals surface area contributed by atoms with Gasteiger partial charge < -0.3 is 4.74 Å². The van der Waals surface area contributed by atoms with Crippen molar-refractivity contribution in [2.75, 3.05) is 7.11 Å². The molecule has 0 aromatic heterocycles. The molecule has 0 aliphatic heterocycles. The largest absolute Gasteiger partial charge is 0.496 e. The van der Waals surface area contributed by atoms with E-state index in [9.17, 15) is 0 Å². The van der Waals surface area contributed by atoms with Crippen molar-refractivity contribution in [1.29, 1.82) is 0 Å². The van der Waals surface area contributed by atoms with Gasteiger partial charge in [0.15, 0.2) is 0 Å². The average molecular weight is 192 g/mol. The maximum absolute atomic E-state index is 5.33. The first-order valence-corrected chi connectivity index (χ1v) is 5.35. The van der Waals surface area contributed by atoms with Crippen LogP contribution in [0.15, 0.2) is 18.2 Å². The average Bonchev–Trinajstić information content (AvgIpc) is 2.18. The SMILES string of the molecule is CCCc1cc(C(C)C)ccc1OC. The first-order valence-electron chi connectivity index (χ1n) is 5.35. The Kier molecular flexibility index (Phi) is 3.99. The second kappa shape index (κ2) is 5.04. The van der Waals surface area contributed by atoms with Crippen LogP contribution in [-0.2, 0) is 6.42 Å². The van der Waals surface area contributed by atoms with Crippen LogP contribution in [0.4, 0.5) is 0 Å². The number of aryl methyl sites for hydroxylation is 1. The van der Waals surface area contributed by atoms with Gasteiger partial charge in [-0.2, -0.15) is 0 Å². The minimum Gasteiger partial charge on any atom is -0.496 e. The van der Waals surface area contributed by atoms with Crippen LogP contribution < -0.4 is 4.74 Å². The highest BCUT2D eigenvalue weighted by Gasteiger charge is 2.05. The molecule has 0 fully saturated rings. The van der Waals surface area contributed by atoms with E-state index in [0.29, 0.717) is 5.92 Å². The summed E-state index contributed by atoms with van der Waals surface area (Å²) in [6.45, 7) is 6.64. The van der Waals surface area contributed by atoms with Crippen LogP contribution in [0.5, 0.6) is 5.75 Å². The number of ether oxygens (including phenoxy) is 1. The Morgan fingerprint density at radius 1 is 1.29 bits per heavy atom. The molecule has 1 aromatic rings. The van der Waals surface area contributed by atoms with Crippen molar-refractivity contribution in [3.63, 3.8) is 0 Å². The first kappa shape index (κ1) is 11.1. The van der Waals surface area contributed by atoms with Crippen LogP contribution in [-0.4, -0.2) is 7.11 Å². The summed E-state index contributed by atoms with van der Waals surface area (Å²) in [5, 5.41) is 0. The molecule has 14 heavy (non-hydrogen) atoms. The van der Waals surface area contributed by atoms with Gasteiger partial charge in [-0.05, 0) is 29.5 Å². The van der Waals surface area contributed by atoms with Crippen LogP contribution in [0.1, 0.15) is 44.2 Å². The van der Waals surface area contributed by atoms with E-state index < -0.39 is 0 Å². The zero-order valence-electron chi connectivity index (χ0n) is 9.63. The lowest BCUT2D eigenvalue weighted by atomic mass is 9.98. The molecule has 0 aliphatic rings. The molecule has 0 bridgehead atoms. The van der Waals surface area contributed by atoms with E-state index in [1.165, 1.54) is 11.1 Å². The fourth-order valence-electron chi connectivity index (χ4n) is 1.62. The molecule has 1 aromatic carbocycles. The third kappa shape index (κ3) is 2.50. The van der Waals surface area contributed by atoms with Crippen molar-refractivity contribution in [3.05, 3.63) is 29.3 Å². The summed E-state index contributed by atoms with van der Waals surface area (Å²) in [6.07, 6.45) is 2.27. The second-order valence-corrected chi connectivity index (χ2v) is 3.98. The molecule has 0 aliphatic carbocycles. The molecule has 0 saturated heterocycles. The molecular weight excluding hydrogens is 172 g/mol. The molecule has 78 valence electrons. The lowest BCUT2D eigenvalue weighted by Gasteiger charge is -2.11. The number of rotatable bonds is 4. The molecule has 0 unspecified atom stereocenters. The van der Waals surface area contributed by atoms with Gasteiger partial charge in [-0.1, -0.05) is 39.3 Å². The Bertz CT molecular complexity index is 289. The molecule has 0 atom stereocenters. The summed E-state index contributed by atoms with van der Waals surface area (Å²) in [6, 6.07) is 6.51. The normalized spacial score (nSPS) is 10.6. The summed E-state index contributed by atoms with van der Waals surface area (Å²) >= 11 is 0. The van der Waals surface area contributed by atoms with Gasteiger partial charge in [-0.3, -0.25) is 0 Å². The fourth-order valence-corrected chi connectivity index (χ4v) is 1.62. The smallest absolute Gasteiger partial charge is 0.122 e. The molecule has 0 radical (unpaired) electrons. The molecule has 1 nitrogen and oxygen atoms in total. The molecule has 0 saturated carbocycles. The fraction of sp³-hybridized carbons (Fsp3) is 0.538. The van der Waals surface area contributed by atoms with Crippen LogP contribution >= 0.6 is 0 Å². The summed E-state index contributed by atoms with van der Waals surface area (Å²) < 4.78 is 5.33. The Morgan fingerprint density at radius 2 is 2.00 bits per heavy atom. The zero-order valence-corrected chi connectivity index (χ0v) is 9.63. The van der Waals surface area contributed by atoms with Crippen LogP contribution in [0.3, 0.4) is 0 Å². The standard InChI is InChI=1S/C13H20O/c1-5-6-12-9-11(10(2)3)7-8-13(12)14-4/h7-10H,5-6H2,1-4H3. The van der Waals surface area contributed by atoms with Crippen molar-refractivity contribution < 1.29 is 4.74 Å². The lowest BCUT2D eigenvalue weighted by molar-refractivity contribution is 0.409. The third-order valence-corrected chi connectivity index (χ3v) is 2.49. The molecule has 0 heterocycles. The monoisotopic (exact) mass is 192 g/mol. The van der Waals surface area contributed by atoms with E-state index in [1.54, 1.807) is 7.11 Å². The first-order chi connectivity index (χ1) is 6.69. The quantitative estimate of drug-likeness (QED) is 0.705. The van der Waals surface area contributed by atoms with Crippen molar-refractivity contribution >= 4 is 0 Å². The molecule has 1 rings (SSSR count). The number of hydrogen-bond acceptors (Lipinski definition) is 1. The van der Waals surface area contributed by atoms with E-state index in [2.05, 4.69) is 39.0 Å². The van der Waals surface area contributed by atoms with E-state index in [0.717, 1.165) is 18.6 Å². The van der Waals surface area contributed by atoms with Crippen molar-refractivity contribution in [2.24, 2.45) is 0 Å². The summed E-state index contributed by atoms with van der Waals surface area (Å²) in [4.78, 5) is 0. The number of methoxy groups -OCH3 is 1. The van der Waals surface area contributed by atoms with Gasteiger partial charge in [-0.15, -0.1) is 0 Å². The van der Waals surface area contributed by atoms with Gasteiger partial charge in [0.1, 0.15) is 5.75 Å². The number of benzene rings is 1. The van der Waals surface area contributed by atoms with Gasteiger partial charge in [0.05, 0.1) is 7.11 Å². The lowest BCUT2D eigenvalue weighted by Crippen LogP contribution is -1.95. The molecule has 0 spiro atoms. The zero-order chi connectivity index (χ0) is 10.6. The minimum absolute atomic E-state index is 0.594. The van der Waals surface area contributed by atoms with E-state index in [-0.39, 0.29) is 0 Å². The van der Waals surface area contributed by atoms with Crippen LogP contribution in [0.25, 0.3) is 0 Å². The molecular formula is C13H20O. The predicted octanol–water partition coefficient (Wildman–Crippen LogP) is 3.77. The minimum atomic E-state index is 0.594. The highest BCUT2D eigenvalue weighted by molar-refractivity contribution is 5.38. The van der Waals surface area contributed by atoms with Crippen molar-refractivity contribution in [3.8, 4) is 5.75 Å². The van der Waals surface area contributed by atoms with Crippen LogP contribution in [0, 0.1) is 0 Å².